The molecule has 0 aliphatic carbocycles. The van der Waals surface area contributed by atoms with E-state index in [4.69, 9.17) is 9.47 Å². The van der Waals surface area contributed by atoms with Crippen molar-refractivity contribution in [2.45, 2.75) is 45.2 Å². The van der Waals surface area contributed by atoms with Crippen molar-refractivity contribution in [2.75, 3.05) is 25.2 Å². The second kappa shape index (κ2) is 8.55. The predicted octanol–water partition coefficient (Wildman–Crippen LogP) is 2.54. The van der Waals surface area contributed by atoms with Gasteiger partial charge in [0.15, 0.2) is 21.3 Å². The summed E-state index contributed by atoms with van der Waals surface area (Å²) in [7, 11) is -1.21. The average Bonchev–Trinajstić information content (AvgIpc) is 2.89. The fourth-order valence-electron chi connectivity index (χ4n) is 2.70. The third-order valence-corrected chi connectivity index (χ3v) is 5.83. The van der Waals surface area contributed by atoms with Crippen LogP contribution in [0.3, 0.4) is 0 Å². The van der Waals surface area contributed by atoms with Crippen LogP contribution in [0.4, 0.5) is 0 Å². The number of nitrogens with one attached hydrogen (secondary N) is 1. The molecule has 1 fully saturated rings. The molecule has 1 aromatic rings. The molecule has 0 radical (unpaired) electrons. The van der Waals surface area contributed by atoms with E-state index >= 15 is 0 Å². The number of hydrogen-bond acceptors (Lipinski definition) is 5. The highest BCUT2D eigenvalue weighted by Crippen LogP contribution is 2.28. The molecule has 0 bridgehead atoms. The standard InChI is InChI=1S/C17H27NO4S/c1-3-4-5-9-22-17-11-14(6-7-16(17)21-2)12-18-15-8-10-23(19,20)13-15/h6-7,11,15,18H,3-5,8-10,12-13H2,1-2H3. The summed E-state index contributed by atoms with van der Waals surface area (Å²) >= 11 is 0. The minimum absolute atomic E-state index is 0.0519. The first-order valence-corrected chi connectivity index (χ1v) is 10.1. The summed E-state index contributed by atoms with van der Waals surface area (Å²) in [4.78, 5) is 0. The lowest BCUT2D eigenvalue weighted by Gasteiger charge is -2.14. The Bertz CT molecular complexity index is 601. The van der Waals surface area contributed by atoms with Crippen molar-refractivity contribution in [3.05, 3.63) is 23.8 Å². The van der Waals surface area contributed by atoms with Gasteiger partial charge in [0, 0.05) is 12.6 Å². The van der Waals surface area contributed by atoms with Crippen molar-refractivity contribution < 1.29 is 17.9 Å². The molecule has 0 aromatic heterocycles. The summed E-state index contributed by atoms with van der Waals surface area (Å²) in [6.07, 6.45) is 4.04. The second-order valence-corrected chi connectivity index (χ2v) is 8.25. The maximum atomic E-state index is 11.5. The first-order valence-electron chi connectivity index (χ1n) is 8.27. The van der Waals surface area contributed by atoms with Crippen molar-refractivity contribution in [3.8, 4) is 11.5 Å². The maximum absolute atomic E-state index is 11.5. The van der Waals surface area contributed by atoms with Gasteiger partial charge >= 0.3 is 0 Å². The first kappa shape index (κ1) is 18.1. The van der Waals surface area contributed by atoms with Gasteiger partial charge in [0.25, 0.3) is 0 Å². The minimum Gasteiger partial charge on any atom is -0.493 e. The van der Waals surface area contributed by atoms with E-state index in [0.717, 1.165) is 36.3 Å². The molecular weight excluding hydrogens is 314 g/mol. The monoisotopic (exact) mass is 341 g/mol. The lowest BCUT2D eigenvalue weighted by Crippen LogP contribution is -2.29. The number of unbranched alkanes of at least 4 members (excludes halogenated alkanes) is 2. The number of benzene rings is 1. The van der Waals surface area contributed by atoms with Gasteiger partial charge in [0.05, 0.1) is 25.2 Å². The van der Waals surface area contributed by atoms with E-state index in [1.165, 1.54) is 0 Å². The Morgan fingerprint density at radius 2 is 2.09 bits per heavy atom. The Kier molecular flexibility index (Phi) is 6.72. The third-order valence-electron chi connectivity index (χ3n) is 4.06. The van der Waals surface area contributed by atoms with Crippen LogP contribution in [0.5, 0.6) is 11.5 Å². The zero-order valence-corrected chi connectivity index (χ0v) is 14.8. The summed E-state index contributed by atoms with van der Waals surface area (Å²) in [5, 5.41) is 3.32. The highest BCUT2D eigenvalue weighted by molar-refractivity contribution is 7.91. The van der Waals surface area contributed by atoms with Crippen molar-refractivity contribution in [1.29, 1.82) is 0 Å². The molecule has 1 aromatic carbocycles. The molecule has 1 aliphatic heterocycles. The highest BCUT2D eigenvalue weighted by atomic mass is 32.2. The van der Waals surface area contributed by atoms with E-state index in [1.807, 2.05) is 18.2 Å². The molecule has 1 unspecified atom stereocenters. The molecule has 6 heteroatoms. The Balaban J connectivity index is 1.91. The molecule has 1 heterocycles. The van der Waals surface area contributed by atoms with Gasteiger partial charge in [0.2, 0.25) is 0 Å². The smallest absolute Gasteiger partial charge is 0.161 e. The Morgan fingerprint density at radius 1 is 1.26 bits per heavy atom. The molecule has 130 valence electrons. The Morgan fingerprint density at radius 3 is 2.74 bits per heavy atom. The van der Waals surface area contributed by atoms with Crippen LogP contribution in [0.15, 0.2) is 18.2 Å². The number of ether oxygens (including phenoxy) is 2. The van der Waals surface area contributed by atoms with Gasteiger partial charge in [-0.05, 0) is 30.5 Å². The van der Waals surface area contributed by atoms with E-state index < -0.39 is 9.84 Å². The van der Waals surface area contributed by atoms with Gasteiger partial charge in [0.1, 0.15) is 0 Å². The predicted molar refractivity (Wildman–Crippen MR) is 91.9 cm³/mol. The fraction of sp³-hybridized carbons (Fsp3) is 0.647. The molecule has 0 spiro atoms. The van der Waals surface area contributed by atoms with Crippen LogP contribution in [0, 0.1) is 0 Å². The van der Waals surface area contributed by atoms with Crippen LogP contribution in [0.2, 0.25) is 0 Å². The number of sulfone groups is 1. The molecular formula is C17H27NO4S. The van der Waals surface area contributed by atoms with Crippen LogP contribution in [-0.4, -0.2) is 39.7 Å². The van der Waals surface area contributed by atoms with E-state index in [0.29, 0.717) is 25.3 Å². The van der Waals surface area contributed by atoms with E-state index in [1.54, 1.807) is 7.11 Å². The van der Waals surface area contributed by atoms with Crippen LogP contribution in [0.1, 0.15) is 38.2 Å². The van der Waals surface area contributed by atoms with Crippen LogP contribution < -0.4 is 14.8 Å². The van der Waals surface area contributed by atoms with Gasteiger partial charge in [-0.3, -0.25) is 0 Å². The van der Waals surface area contributed by atoms with Gasteiger partial charge in [-0.15, -0.1) is 0 Å². The van der Waals surface area contributed by atoms with E-state index in [-0.39, 0.29) is 11.8 Å². The SMILES string of the molecule is CCCCCOc1cc(CNC2CCS(=O)(=O)C2)ccc1OC. The zero-order valence-electron chi connectivity index (χ0n) is 14.0. The van der Waals surface area contributed by atoms with Crippen LogP contribution in [0.25, 0.3) is 0 Å². The fourth-order valence-corrected chi connectivity index (χ4v) is 4.40. The molecule has 1 saturated heterocycles. The van der Waals surface area contributed by atoms with Gasteiger partial charge in [-0.1, -0.05) is 25.8 Å². The normalized spacial score (nSPS) is 19.7. The van der Waals surface area contributed by atoms with E-state index in [9.17, 15) is 8.42 Å². The summed E-state index contributed by atoms with van der Waals surface area (Å²) in [5.41, 5.74) is 1.07. The summed E-state index contributed by atoms with van der Waals surface area (Å²) in [6, 6.07) is 5.91. The van der Waals surface area contributed by atoms with Crippen molar-refractivity contribution >= 4 is 9.84 Å². The topological polar surface area (TPSA) is 64.6 Å². The average molecular weight is 341 g/mol. The number of hydrogen-bond donors (Lipinski definition) is 1. The van der Waals surface area contributed by atoms with Gasteiger partial charge in [-0.2, -0.15) is 0 Å². The largest absolute Gasteiger partial charge is 0.493 e. The molecule has 0 amide bonds. The molecule has 1 N–H and O–H groups in total. The third kappa shape index (κ3) is 5.70. The molecule has 23 heavy (non-hydrogen) atoms. The lowest BCUT2D eigenvalue weighted by atomic mass is 10.1. The Hall–Kier alpha value is -1.27. The van der Waals surface area contributed by atoms with Crippen molar-refractivity contribution in [2.24, 2.45) is 0 Å². The maximum Gasteiger partial charge on any atom is 0.161 e. The zero-order chi connectivity index (χ0) is 16.7. The van der Waals surface area contributed by atoms with Gasteiger partial charge < -0.3 is 14.8 Å². The van der Waals surface area contributed by atoms with Gasteiger partial charge in [-0.25, -0.2) is 8.42 Å². The minimum atomic E-state index is -2.84. The lowest BCUT2D eigenvalue weighted by molar-refractivity contribution is 0.285. The Labute approximate surface area is 139 Å². The highest BCUT2D eigenvalue weighted by Gasteiger charge is 2.27. The molecule has 1 aliphatic rings. The summed E-state index contributed by atoms with van der Waals surface area (Å²) < 4.78 is 34.1. The molecule has 2 rings (SSSR count). The van der Waals surface area contributed by atoms with E-state index in [2.05, 4.69) is 12.2 Å². The first-order chi connectivity index (χ1) is 11.0. The molecule has 5 nitrogen and oxygen atoms in total. The van der Waals surface area contributed by atoms with Crippen LogP contribution >= 0.6 is 0 Å². The number of methoxy groups -OCH3 is 1. The molecule has 0 saturated carbocycles. The second-order valence-electron chi connectivity index (χ2n) is 6.02. The summed E-state index contributed by atoms with van der Waals surface area (Å²) in [5.74, 6) is 2.01. The quantitative estimate of drug-likeness (QED) is 0.699. The summed E-state index contributed by atoms with van der Waals surface area (Å²) in [6.45, 7) is 3.48. The van der Waals surface area contributed by atoms with Crippen molar-refractivity contribution in [3.63, 3.8) is 0 Å². The van der Waals surface area contributed by atoms with Crippen LogP contribution in [-0.2, 0) is 16.4 Å². The number of rotatable bonds is 9. The molecule has 1 atom stereocenters. The van der Waals surface area contributed by atoms with Crippen molar-refractivity contribution in [1.82, 2.24) is 5.32 Å².